The smallest absolute Gasteiger partial charge is 0.344 e. The number of hydrogen-bond acceptors (Lipinski definition) is 6. The first-order valence-electron chi connectivity index (χ1n) is 6.85. The average molecular weight is 347 g/mol. The molecule has 8 heteroatoms. The molecule has 0 aliphatic rings. The summed E-state index contributed by atoms with van der Waals surface area (Å²) in [5.41, 5.74) is -0.374. The van der Waals surface area contributed by atoms with Gasteiger partial charge in [-0.1, -0.05) is 11.6 Å². The maximum atomic E-state index is 13.8. The largest absolute Gasteiger partial charge is 0.480 e. The van der Waals surface area contributed by atoms with E-state index >= 15 is 0 Å². The number of ether oxygens (including phenoxy) is 3. The van der Waals surface area contributed by atoms with Crippen molar-refractivity contribution >= 4 is 29.3 Å². The number of Topliss-reactive ketones (excluding diaryl/α,β-unsaturated/α-hetero) is 1. The predicted octanol–water partition coefficient (Wildman–Crippen LogP) is 2.56. The van der Waals surface area contributed by atoms with Gasteiger partial charge in [-0.15, -0.1) is 0 Å². The van der Waals surface area contributed by atoms with Gasteiger partial charge in [-0.05, 0) is 26.0 Å². The first-order chi connectivity index (χ1) is 10.9. The molecule has 0 unspecified atom stereocenters. The Hall–Kier alpha value is -2.15. The second-order valence-electron chi connectivity index (χ2n) is 4.26. The van der Waals surface area contributed by atoms with E-state index in [0.717, 1.165) is 12.1 Å². The van der Waals surface area contributed by atoms with Crippen molar-refractivity contribution in [1.29, 1.82) is 0 Å². The van der Waals surface area contributed by atoms with Crippen LogP contribution in [0.2, 0.25) is 5.02 Å². The number of hydrogen-bond donors (Lipinski definition) is 0. The molecule has 1 aromatic rings. The molecular formula is C15H16ClFO6. The molecule has 1 aromatic carbocycles. The molecule has 0 amide bonds. The SMILES string of the molecule is CCOC(=O)COc1cc(C(=O)CC(=O)OCC)c(F)cc1Cl. The van der Waals surface area contributed by atoms with Crippen LogP contribution in [0.4, 0.5) is 4.39 Å². The molecule has 0 atom stereocenters. The van der Waals surface area contributed by atoms with Crippen LogP contribution in [0.25, 0.3) is 0 Å². The lowest BCUT2D eigenvalue weighted by Gasteiger charge is -2.10. The first kappa shape index (κ1) is 18.9. The lowest BCUT2D eigenvalue weighted by Crippen LogP contribution is -2.16. The van der Waals surface area contributed by atoms with Crippen molar-refractivity contribution < 1.29 is 33.0 Å². The van der Waals surface area contributed by atoms with Crippen LogP contribution in [-0.2, 0) is 19.1 Å². The van der Waals surface area contributed by atoms with Crippen molar-refractivity contribution in [2.45, 2.75) is 20.3 Å². The molecule has 0 aromatic heterocycles. The lowest BCUT2D eigenvalue weighted by atomic mass is 10.1. The van der Waals surface area contributed by atoms with Crippen molar-refractivity contribution in [3.8, 4) is 5.75 Å². The average Bonchev–Trinajstić information content (AvgIpc) is 2.46. The van der Waals surface area contributed by atoms with Crippen LogP contribution in [0.5, 0.6) is 5.75 Å². The third-order valence-electron chi connectivity index (χ3n) is 2.58. The Balaban J connectivity index is 2.88. The van der Waals surface area contributed by atoms with E-state index in [1.807, 2.05) is 0 Å². The molecule has 6 nitrogen and oxygen atoms in total. The van der Waals surface area contributed by atoms with Gasteiger partial charge in [-0.3, -0.25) is 9.59 Å². The minimum absolute atomic E-state index is 0.0617. The fraction of sp³-hybridized carbons (Fsp3) is 0.400. The summed E-state index contributed by atoms with van der Waals surface area (Å²) in [4.78, 5) is 34.5. The van der Waals surface area contributed by atoms with E-state index in [1.54, 1.807) is 13.8 Å². The van der Waals surface area contributed by atoms with Gasteiger partial charge in [0.25, 0.3) is 0 Å². The van der Waals surface area contributed by atoms with E-state index < -0.39 is 36.6 Å². The molecule has 0 bridgehead atoms. The van der Waals surface area contributed by atoms with Crippen LogP contribution in [0.1, 0.15) is 30.6 Å². The highest BCUT2D eigenvalue weighted by atomic mass is 35.5. The summed E-state index contributed by atoms with van der Waals surface area (Å²) in [6.45, 7) is 3.08. The summed E-state index contributed by atoms with van der Waals surface area (Å²) in [7, 11) is 0. The number of rotatable bonds is 8. The van der Waals surface area contributed by atoms with Gasteiger partial charge in [0, 0.05) is 0 Å². The van der Waals surface area contributed by atoms with Crippen molar-refractivity contribution in [3.63, 3.8) is 0 Å². The van der Waals surface area contributed by atoms with Gasteiger partial charge in [0.1, 0.15) is 18.0 Å². The minimum Gasteiger partial charge on any atom is -0.480 e. The standard InChI is InChI=1S/C15H16ClFO6/c1-3-21-14(19)7-12(18)9-5-13(10(16)6-11(9)17)23-8-15(20)22-4-2/h5-6H,3-4,7-8H2,1-2H3. The molecule has 0 N–H and O–H groups in total. The summed E-state index contributed by atoms with van der Waals surface area (Å²) in [6.07, 6.45) is -0.607. The molecule has 0 saturated heterocycles. The molecule has 0 heterocycles. The van der Waals surface area contributed by atoms with Gasteiger partial charge < -0.3 is 14.2 Å². The number of halogens is 2. The Morgan fingerprint density at radius 1 is 1.09 bits per heavy atom. The summed E-state index contributed by atoms with van der Waals surface area (Å²) in [6, 6.07) is 1.92. The third-order valence-corrected chi connectivity index (χ3v) is 2.88. The molecule has 0 radical (unpaired) electrons. The fourth-order valence-electron chi connectivity index (χ4n) is 1.63. The molecule has 23 heavy (non-hydrogen) atoms. The zero-order valence-corrected chi connectivity index (χ0v) is 13.4. The van der Waals surface area contributed by atoms with Crippen LogP contribution < -0.4 is 4.74 Å². The van der Waals surface area contributed by atoms with Gasteiger partial charge in [0.15, 0.2) is 12.4 Å². The van der Waals surface area contributed by atoms with Crippen LogP contribution in [-0.4, -0.2) is 37.5 Å². The Morgan fingerprint density at radius 3 is 2.30 bits per heavy atom. The highest BCUT2D eigenvalue weighted by Crippen LogP contribution is 2.28. The van der Waals surface area contributed by atoms with Crippen LogP contribution >= 0.6 is 11.6 Å². The second kappa shape index (κ2) is 9.09. The van der Waals surface area contributed by atoms with E-state index in [-0.39, 0.29) is 29.5 Å². The summed E-state index contributed by atoms with van der Waals surface area (Å²) >= 11 is 5.80. The van der Waals surface area contributed by atoms with E-state index in [9.17, 15) is 18.8 Å². The zero-order chi connectivity index (χ0) is 17.4. The molecular weight excluding hydrogens is 331 g/mol. The number of benzene rings is 1. The van der Waals surface area contributed by atoms with Gasteiger partial charge in [0.05, 0.1) is 23.8 Å². The zero-order valence-electron chi connectivity index (χ0n) is 12.7. The van der Waals surface area contributed by atoms with Crippen LogP contribution in [0, 0.1) is 5.82 Å². The van der Waals surface area contributed by atoms with E-state index in [0.29, 0.717) is 0 Å². The fourth-order valence-corrected chi connectivity index (χ4v) is 1.84. The maximum Gasteiger partial charge on any atom is 0.344 e. The summed E-state index contributed by atoms with van der Waals surface area (Å²) < 4.78 is 28.2. The number of carbonyl (C=O) groups excluding carboxylic acids is 3. The molecule has 0 aliphatic heterocycles. The molecule has 0 aliphatic carbocycles. The molecule has 0 fully saturated rings. The normalized spacial score (nSPS) is 10.1. The Labute approximate surface area is 137 Å². The summed E-state index contributed by atoms with van der Waals surface area (Å²) in [5.74, 6) is -3.13. The van der Waals surface area contributed by atoms with Crippen molar-refractivity contribution in [2.75, 3.05) is 19.8 Å². The molecule has 1 rings (SSSR count). The highest BCUT2D eigenvalue weighted by Gasteiger charge is 2.20. The van der Waals surface area contributed by atoms with Gasteiger partial charge in [-0.25, -0.2) is 9.18 Å². The van der Waals surface area contributed by atoms with Crippen molar-refractivity contribution in [2.24, 2.45) is 0 Å². The molecule has 126 valence electrons. The Morgan fingerprint density at radius 2 is 1.70 bits per heavy atom. The Kier molecular flexibility index (Phi) is 7.47. The number of esters is 2. The van der Waals surface area contributed by atoms with Gasteiger partial charge >= 0.3 is 11.9 Å². The van der Waals surface area contributed by atoms with Gasteiger partial charge in [-0.2, -0.15) is 0 Å². The Bertz CT molecular complexity index is 602. The first-order valence-corrected chi connectivity index (χ1v) is 7.23. The number of ketones is 1. The molecule has 0 saturated carbocycles. The van der Waals surface area contributed by atoms with E-state index in [4.69, 9.17) is 16.3 Å². The summed E-state index contributed by atoms with van der Waals surface area (Å²) in [5, 5.41) is -0.112. The van der Waals surface area contributed by atoms with Crippen molar-refractivity contribution in [1.82, 2.24) is 0 Å². The van der Waals surface area contributed by atoms with Crippen LogP contribution in [0.15, 0.2) is 12.1 Å². The monoisotopic (exact) mass is 346 g/mol. The number of carbonyl (C=O) groups is 3. The lowest BCUT2D eigenvalue weighted by molar-refractivity contribution is -0.145. The molecule has 0 spiro atoms. The second-order valence-corrected chi connectivity index (χ2v) is 4.67. The van der Waals surface area contributed by atoms with E-state index in [1.165, 1.54) is 0 Å². The predicted molar refractivity (Wildman–Crippen MR) is 79.1 cm³/mol. The van der Waals surface area contributed by atoms with Crippen molar-refractivity contribution in [3.05, 3.63) is 28.5 Å². The maximum absolute atomic E-state index is 13.8. The quantitative estimate of drug-likeness (QED) is 0.409. The third kappa shape index (κ3) is 5.86. The highest BCUT2D eigenvalue weighted by molar-refractivity contribution is 6.32. The van der Waals surface area contributed by atoms with E-state index in [2.05, 4.69) is 9.47 Å². The topological polar surface area (TPSA) is 78.9 Å². The van der Waals surface area contributed by atoms with Crippen LogP contribution in [0.3, 0.4) is 0 Å². The minimum atomic E-state index is -0.896. The van der Waals surface area contributed by atoms with Gasteiger partial charge in [0.2, 0.25) is 0 Å².